The van der Waals surface area contributed by atoms with Crippen molar-refractivity contribution in [1.82, 2.24) is 0 Å². The quantitative estimate of drug-likeness (QED) is 0.766. The summed E-state index contributed by atoms with van der Waals surface area (Å²) in [4.78, 5) is 11.8. The van der Waals surface area contributed by atoms with E-state index in [9.17, 15) is 4.79 Å². The van der Waals surface area contributed by atoms with Gasteiger partial charge in [-0.15, -0.1) is 0 Å². The third kappa shape index (κ3) is 3.95. The van der Waals surface area contributed by atoms with Crippen LogP contribution in [0.2, 0.25) is 0 Å². The average molecular weight is 258 g/mol. The van der Waals surface area contributed by atoms with Gasteiger partial charge in [0.2, 0.25) is 0 Å². The van der Waals surface area contributed by atoms with Crippen LogP contribution in [0.1, 0.15) is 40.0 Å². The highest BCUT2D eigenvalue weighted by Crippen LogP contribution is 2.35. The van der Waals surface area contributed by atoms with Crippen LogP contribution in [0.3, 0.4) is 0 Å². The zero-order valence-corrected chi connectivity index (χ0v) is 11.9. The second-order valence-electron chi connectivity index (χ2n) is 5.71. The first kappa shape index (κ1) is 15.4. The van der Waals surface area contributed by atoms with Crippen LogP contribution in [0.25, 0.3) is 0 Å². The number of carbonyl (C=O) groups is 1. The van der Waals surface area contributed by atoms with Gasteiger partial charge in [-0.3, -0.25) is 0 Å². The number of aliphatic hydroxyl groups excluding tert-OH is 1. The SMILES string of the molecule is COC(CO)C(=O)OC1CC(C)CCC1C(C)C. The molecule has 4 heteroatoms. The van der Waals surface area contributed by atoms with Crippen molar-refractivity contribution >= 4 is 5.97 Å². The van der Waals surface area contributed by atoms with E-state index in [2.05, 4.69) is 20.8 Å². The lowest BCUT2D eigenvalue weighted by Gasteiger charge is -2.37. The molecule has 0 aromatic heterocycles. The van der Waals surface area contributed by atoms with E-state index in [1.807, 2.05) is 0 Å². The molecule has 1 fully saturated rings. The Morgan fingerprint density at radius 3 is 2.56 bits per heavy atom. The second kappa shape index (κ2) is 7.10. The van der Waals surface area contributed by atoms with E-state index in [4.69, 9.17) is 14.6 Å². The van der Waals surface area contributed by atoms with Crippen molar-refractivity contribution in [2.24, 2.45) is 17.8 Å². The molecule has 4 unspecified atom stereocenters. The van der Waals surface area contributed by atoms with Crippen molar-refractivity contribution in [3.05, 3.63) is 0 Å². The number of ether oxygens (including phenoxy) is 2. The molecular formula is C14H26O4. The van der Waals surface area contributed by atoms with Crippen LogP contribution in [0.5, 0.6) is 0 Å². The van der Waals surface area contributed by atoms with Crippen LogP contribution < -0.4 is 0 Å². The predicted octanol–water partition coefficient (Wildman–Crippen LogP) is 2.00. The summed E-state index contributed by atoms with van der Waals surface area (Å²) < 4.78 is 10.5. The molecule has 4 atom stereocenters. The molecule has 1 aliphatic rings. The smallest absolute Gasteiger partial charge is 0.337 e. The van der Waals surface area contributed by atoms with Gasteiger partial charge in [0.25, 0.3) is 0 Å². The van der Waals surface area contributed by atoms with E-state index < -0.39 is 12.1 Å². The van der Waals surface area contributed by atoms with Crippen molar-refractivity contribution in [1.29, 1.82) is 0 Å². The van der Waals surface area contributed by atoms with Gasteiger partial charge in [0.15, 0.2) is 6.10 Å². The largest absolute Gasteiger partial charge is 0.460 e. The molecule has 0 heterocycles. The molecule has 18 heavy (non-hydrogen) atoms. The Bertz CT molecular complexity index is 261. The number of methoxy groups -OCH3 is 1. The Kier molecular flexibility index (Phi) is 6.09. The summed E-state index contributed by atoms with van der Waals surface area (Å²) in [6.45, 7) is 6.20. The summed E-state index contributed by atoms with van der Waals surface area (Å²) in [6, 6.07) is 0. The highest BCUT2D eigenvalue weighted by atomic mass is 16.6. The fourth-order valence-corrected chi connectivity index (χ4v) is 2.72. The van der Waals surface area contributed by atoms with Gasteiger partial charge in [0, 0.05) is 7.11 Å². The van der Waals surface area contributed by atoms with Crippen molar-refractivity contribution in [3.63, 3.8) is 0 Å². The van der Waals surface area contributed by atoms with Crippen molar-refractivity contribution in [2.45, 2.75) is 52.2 Å². The lowest BCUT2D eigenvalue weighted by molar-refractivity contribution is -0.169. The van der Waals surface area contributed by atoms with Gasteiger partial charge in [-0.25, -0.2) is 4.79 Å². The lowest BCUT2D eigenvalue weighted by atomic mass is 9.75. The van der Waals surface area contributed by atoms with Crippen LogP contribution in [-0.4, -0.2) is 37.0 Å². The van der Waals surface area contributed by atoms with Crippen LogP contribution >= 0.6 is 0 Å². The monoisotopic (exact) mass is 258 g/mol. The first-order valence-corrected chi connectivity index (χ1v) is 6.83. The maximum absolute atomic E-state index is 11.8. The second-order valence-corrected chi connectivity index (χ2v) is 5.71. The van der Waals surface area contributed by atoms with Crippen LogP contribution in [0.4, 0.5) is 0 Å². The summed E-state index contributed by atoms with van der Waals surface area (Å²) in [6.07, 6.45) is 2.33. The van der Waals surface area contributed by atoms with Crippen molar-refractivity contribution in [3.8, 4) is 0 Å². The molecule has 0 bridgehead atoms. The van der Waals surface area contributed by atoms with E-state index in [-0.39, 0.29) is 12.7 Å². The number of rotatable bonds is 5. The molecule has 1 rings (SSSR count). The first-order chi connectivity index (χ1) is 8.49. The van der Waals surface area contributed by atoms with Crippen molar-refractivity contribution < 1.29 is 19.4 Å². The maximum atomic E-state index is 11.8. The molecule has 1 saturated carbocycles. The topological polar surface area (TPSA) is 55.8 Å². The number of esters is 1. The third-order valence-corrected chi connectivity index (χ3v) is 3.94. The highest BCUT2D eigenvalue weighted by molar-refractivity contribution is 5.75. The average Bonchev–Trinajstić information content (AvgIpc) is 2.30. The highest BCUT2D eigenvalue weighted by Gasteiger charge is 2.34. The minimum atomic E-state index is -0.852. The fourth-order valence-electron chi connectivity index (χ4n) is 2.72. The van der Waals surface area contributed by atoms with E-state index in [0.29, 0.717) is 17.8 Å². The summed E-state index contributed by atoms with van der Waals surface area (Å²) in [5.74, 6) is 1.07. The predicted molar refractivity (Wildman–Crippen MR) is 69.1 cm³/mol. The number of carbonyl (C=O) groups excluding carboxylic acids is 1. The minimum Gasteiger partial charge on any atom is -0.460 e. The third-order valence-electron chi connectivity index (χ3n) is 3.94. The molecule has 0 radical (unpaired) electrons. The molecule has 0 spiro atoms. The molecule has 0 aromatic carbocycles. The van der Waals surface area contributed by atoms with Gasteiger partial charge in [-0.1, -0.05) is 27.2 Å². The summed E-state index contributed by atoms with van der Waals surface area (Å²) in [5.41, 5.74) is 0. The summed E-state index contributed by atoms with van der Waals surface area (Å²) >= 11 is 0. The van der Waals surface area contributed by atoms with Crippen molar-refractivity contribution in [2.75, 3.05) is 13.7 Å². The Morgan fingerprint density at radius 1 is 1.39 bits per heavy atom. The Labute approximate surface area is 110 Å². The van der Waals surface area contributed by atoms with Gasteiger partial charge in [0.1, 0.15) is 6.10 Å². The van der Waals surface area contributed by atoms with Crippen LogP contribution in [-0.2, 0) is 14.3 Å². The zero-order valence-electron chi connectivity index (χ0n) is 11.9. The van der Waals surface area contributed by atoms with E-state index in [0.717, 1.165) is 12.8 Å². The molecule has 106 valence electrons. The molecule has 0 aromatic rings. The van der Waals surface area contributed by atoms with E-state index in [1.165, 1.54) is 13.5 Å². The standard InChI is InChI=1S/C14H26O4/c1-9(2)11-6-5-10(3)7-12(11)18-14(16)13(8-15)17-4/h9-13,15H,5-8H2,1-4H3. The molecule has 0 aliphatic heterocycles. The Hall–Kier alpha value is -0.610. The fraction of sp³-hybridized carbons (Fsp3) is 0.929. The van der Waals surface area contributed by atoms with Gasteiger partial charge in [-0.2, -0.15) is 0 Å². The summed E-state index contributed by atoms with van der Waals surface area (Å²) in [5, 5.41) is 9.03. The van der Waals surface area contributed by atoms with Gasteiger partial charge < -0.3 is 14.6 Å². The van der Waals surface area contributed by atoms with Gasteiger partial charge in [0.05, 0.1) is 6.61 Å². The number of aliphatic hydroxyl groups is 1. The zero-order chi connectivity index (χ0) is 13.7. The van der Waals surface area contributed by atoms with Gasteiger partial charge in [-0.05, 0) is 30.6 Å². The normalized spacial score (nSPS) is 30.2. The van der Waals surface area contributed by atoms with E-state index >= 15 is 0 Å². The molecule has 1 N–H and O–H groups in total. The van der Waals surface area contributed by atoms with Crippen LogP contribution in [0, 0.1) is 17.8 Å². The number of hydrogen-bond donors (Lipinski definition) is 1. The number of hydrogen-bond acceptors (Lipinski definition) is 4. The first-order valence-electron chi connectivity index (χ1n) is 6.83. The van der Waals surface area contributed by atoms with Crippen LogP contribution in [0.15, 0.2) is 0 Å². The Morgan fingerprint density at radius 2 is 2.06 bits per heavy atom. The maximum Gasteiger partial charge on any atom is 0.337 e. The molecule has 0 saturated heterocycles. The summed E-state index contributed by atoms with van der Waals surface area (Å²) in [7, 11) is 1.41. The van der Waals surface area contributed by atoms with Gasteiger partial charge >= 0.3 is 5.97 Å². The lowest BCUT2D eigenvalue weighted by Crippen LogP contribution is -2.39. The molecule has 0 amide bonds. The molecule has 4 nitrogen and oxygen atoms in total. The minimum absolute atomic E-state index is 0.0366. The van der Waals surface area contributed by atoms with E-state index in [1.54, 1.807) is 0 Å². The molecule has 1 aliphatic carbocycles. The molecular weight excluding hydrogens is 232 g/mol. The Balaban J connectivity index is 2.63.